The van der Waals surface area contributed by atoms with Gasteiger partial charge >= 0.3 is 0 Å². The van der Waals surface area contributed by atoms with Crippen LogP contribution in [0.15, 0.2) is 46.9 Å². The molecule has 0 fully saturated rings. The quantitative estimate of drug-likeness (QED) is 0.561. The molecule has 120 valence electrons. The van der Waals surface area contributed by atoms with Crippen molar-refractivity contribution in [1.82, 2.24) is 4.90 Å². The molecule has 0 aliphatic rings. The van der Waals surface area contributed by atoms with E-state index in [0.29, 0.717) is 0 Å². The van der Waals surface area contributed by atoms with Crippen molar-refractivity contribution in [2.75, 3.05) is 14.2 Å². The molecule has 3 aromatic rings. The number of hydrogen-bond acceptors (Lipinski definition) is 3. The van der Waals surface area contributed by atoms with Gasteiger partial charge in [0, 0.05) is 27.1 Å². The van der Waals surface area contributed by atoms with Crippen LogP contribution >= 0.6 is 27.3 Å². The molecule has 2 nitrogen and oxygen atoms in total. The first-order valence-electron chi connectivity index (χ1n) is 7.56. The standard InChI is InChI=1S/C19H20BrNOS/c1-13-17(16-5-4-6-18(20)19(16)23-13)12-21(2)11-14-7-9-15(22-3)10-8-14/h4-10H,11-12H2,1-3H3. The van der Waals surface area contributed by atoms with Crippen LogP contribution in [0.5, 0.6) is 5.75 Å². The maximum Gasteiger partial charge on any atom is 0.118 e. The Morgan fingerprint density at radius 1 is 1.09 bits per heavy atom. The second kappa shape index (κ2) is 7.04. The number of rotatable bonds is 5. The van der Waals surface area contributed by atoms with Crippen molar-refractivity contribution in [3.05, 3.63) is 62.9 Å². The Morgan fingerprint density at radius 3 is 2.52 bits per heavy atom. The number of nitrogens with zero attached hydrogens (tertiary/aromatic N) is 1. The fourth-order valence-corrected chi connectivity index (χ4v) is 4.50. The van der Waals surface area contributed by atoms with Crippen LogP contribution in [-0.4, -0.2) is 19.1 Å². The Labute approximate surface area is 149 Å². The summed E-state index contributed by atoms with van der Waals surface area (Å²) in [6, 6.07) is 14.8. The maximum absolute atomic E-state index is 5.22. The molecular weight excluding hydrogens is 370 g/mol. The van der Waals surface area contributed by atoms with Gasteiger partial charge < -0.3 is 4.74 Å². The average molecular weight is 390 g/mol. The zero-order valence-corrected chi connectivity index (χ0v) is 16.0. The van der Waals surface area contributed by atoms with Crippen LogP contribution in [0.3, 0.4) is 0 Å². The highest BCUT2D eigenvalue weighted by Crippen LogP contribution is 2.36. The molecule has 0 spiro atoms. The first kappa shape index (κ1) is 16.5. The van der Waals surface area contributed by atoms with Crippen molar-refractivity contribution >= 4 is 37.4 Å². The van der Waals surface area contributed by atoms with E-state index in [1.54, 1.807) is 7.11 Å². The molecule has 0 saturated heterocycles. The molecule has 23 heavy (non-hydrogen) atoms. The lowest BCUT2D eigenvalue weighted by atomic mass is 10.1. The zero-order valence-electron chi connectivity index (χ0n) is 13.6. The highest BCUT2D eigenvalue weighted by atomic mass is 79.9. The number of fused-ring (bicyclic) bond motifs is 1. The molecule has 0 bridgehead atoms. The van der Waals surface area contributed by atoms with Gasteiger partial charge in [0.1, 0.15) is 5.75 Å². The molecule has 1 aromatic heterocycles. The van der Waals surface area contributed by atoms with Crippen molar-refractivity contribution in [2.45, 2.75) is 20.0 Å². The smallest absolute Gasteiger partial charge is 0.118 e. The van der Waals surface area contributed by atoms with Gasteiger partial charge in [-0.05, 0) is 64.6 Å². The number of thiophene rings is 1. The van der Waals surface area contributed by atoms with Crippen LogP contribution in [0.4, 0.5) is 0 Å². The fourth-order valence-electron chi connectivity index (χ4n) is 2.82. The molecule has 0 saturated carbocycles. The number of benzene rings is 2. The minimum Gasteiger partial charge on any atom is -0.497 e. The molecule has 0 amide bonds. The Kier molecular flexibility index (Phi) is 5.05. The summed E-state index contributed by atoms with van der Waals surface area (Å²) in [4.78, 5) is 3.76. The third-order valence-corrected chi connectivity index (χ3v) is 6.13. The summed E-state index contributed by atoms with van der Waals surface area (Å²) in [7, 11) is 3.87. The van der Waals surface area contributed by atoms with Gasteiger partial charge in [-0.3, -0.25) is 4.90 Å². The molecule has 0 aliphatic carbocycles. The molecule has 2 aromatic carbocycles. The van der Waals surface area contributed by atoms with Gasteiger partial charge in [-0.15, -0.1) is 11.3 Å². The number of ether oxygens (including phenoxy) is 1. The second-order valence-corrected chi connectivity index (χ2v) is 7.85. The third-order valence-electron chi connectivity index (χ3n) is 4.01. The Bertz CT molecular complexity index is 810. The van der Waals surface area contributed by atoms with Crippen molar-refractivity contribution in [2.24, 2.45) is 0 Å². The van der Waals surface area contributed by atoms with Crippen LogP contribution in [0.2, 0.25) is 0 Å². The van der Waals surface area contributed by atoms with Crippen molar-refractivity contribution < 1.29 is 4.74 Å². The van der Waals surface area contributed by atoms with Crippen molar-refractivity contribution in [1.29, 1.82) is 0 Å². The van der Waals surface area contributed by atoms with Crippen LogP contribution < -0.4 is 4.74 Å². The van der Waals surface area contributed by atoms with Crippen LogP contribution in [0.1, 0.15) is 16.0 Å². The molecule has 0 unspecified atom stereocenters. The Hall–Kier alpha value is -1.36. The molecule has 0 aliphatic heterocycles. The summed E-state index contributed by atoms with van der Waals surface area (Å²) < 4.78 is 7.75. The molecule has 0 atom stereocenters. The fraction of sp³-hybridized carbons (Fsp3) is 0.263. The first-order valence-corrected chi connectivity index (χ1v) is 9.17. The minimum atomic E-state index is 0.904. The molecule has 0 N–H and O–H groups in total. The van der Waals surface area contributed by atoms with Gasteiger partial charge in [0.05, 0.1) is 7.11 Å². The van der Waals surface area contributed by atoms with Gasteiger partial charge in [0.2, 0.25) is 0 Å². The summed E-state index contributed by atoms with van der Waals surface area (Å²) in [5.74, 6) is 0.904. The van der Waals surface area contributed by atoms with Crippen molar-refractivity contribution in [3.63, 3.8) is 0 Å². The number of hydrogen-bond donors (Lipinski definition) is 0. The normalized spacial score (nSPS) is 11.3. The second-order valence-electron chi connectivity index (χ2n) is 5.77. The lowest BCUT2D eigenvalue weighted by molar-refractivity contribution is 0.320. The van der Waals surface area contributed by atoms with Gasteiger partial charge in [0.15, 0.2) is 0 Å². The van der Waals surface area contributed by atoms with Gasteiger partial charge in [-0.25, -0.2) is 0 Å². The summed E-state index contributed by atoms with van der Waals surface area (Å²) >= 11 is 5.53. The predicted octanol–water partition coefficient (Wildman–Crippen LogP) is 5.61. The topological polar surface area (TPSA) is 12.5 Å². The van der Waals surface area contributed by atoms with Gasteiger partial charge in [-0.1, -0.05) is 24.3 Å². The summed E-state index contributed by atoms with van der Waals surface area (Å²) in [6.45, 7) is 4.09. The predicted molar refractivity (Wildman–Crippen MR) is 102 cm³/mol. The minimum absolute atomic E-state index is 0.904. The van der Waals surface area contributed by atoms with Crippen LogP contribution in [-0.2, 0) is 13.1 Å². The van der Waals surface area contributed by atoms with E-state index in [1.165, 1.54) is 30.6 Å². The summed E-state index contributed by atoms with van der Waals surface area (Å²) in [5.41, 5.74) is 2.73. The van der Waals surface area contributed by atoms with E-state index < -0.39 is 0 Å². The van der Waals surface area contributed by atoms with Crippen molar-refractivity contribution in [3.8, 4) is 5.75 Å². The Balaban J connectivity index is 1.78. The summed E-state index contributed by atoms with van der Waals surface area (Å²) in [5, 5.41) is 1.36. The number of methoxy groups -OCH3 is 1. The van der Waals surface area contributed by atoms with E-state index >= 15 is 0 Å². The van der Waals surface area contributed by atoms with E-state index in [9.17, 15) is 0 Å². The van der Waals surface area contributed by atoms with Crippen LogP contribution in [0, 0.1) is 6.92 Å². The third kappa shape index (κ3) is 3.60. The molecule has 1 heterocycles. The molecule has 0 radical (unpaired) electrons. The molecular formula is C19H20BrNOS. The first-order chi connectivity index (χ1) is 11.1. The highest BCUT2D eigenvalue weighted by Gasteiger charge is 2.13. The van der Waals surface area contributed by atoms with E-state index in [-0.39, 0.29) is 0 Å². The monoisotopic (exact) mass is 389 g/mol. The SMILES string of the molecule is COc1ccc(CN(C)Cc2c(C)sc3c(Br)cccc23)cc1. The van der Waals surface area contributed by atoms with E-state index in [0.717, 1.165) is 18.8 Å². The average Bonchev–Trinajstić information content (AvgIpc) is 2.86. The Morgan fingerprint density at radius 2 is 1.83 bits per heavy atom. The summed E-state index contributed by atoms with van der Waals surface area (Å²) in [6.07, 6.45) is 0. The number of halogens is 1. The van der Waals surface area contributed by atoms with E-state index in [4.69, 9.17) is 4.74 Å². The molecule has 4 heteroatoms. The lowest BCUT2D eigenvalue weighted by Crippen LogP contribution is -2.17. The highest BCUT2D eigenvalue weighted by molar-refractivity contribution is 9.10. The largest absolute Gasteiger partial charge is 0.497 e. The van der Waals surface area contributed by atoms with E-state index in [1.807, 2.05) is 23.5 Å². The molecule has 3 rings (SSSR count). The zero-order chi connectivity index (χ0) is 16.4. The van der Waals surface area contributed by atoms with Crippen LogP contribution in [0.25, 0.3) is 10.1 Å². The van der Waals surface area contributed by atoms with E-state index in [2.05, 4.69) is 65.1 Å². The van der Waals surface area contributed by atoms with Gasteiger partial charge in [0.25, 0.3) is 0 Å². The number of aryl methyl sites for hydroxylation is 1. The lowest BCUT2D eigenvalue weighted by Gasteiger charge is -2.17. The van der Waals surface area contributed by atoms with Gasteiger partial charge in [-0.2, -0.15) is 0 Å². The maximum atomic E-state index is 5.22.